The Balaban J connectivity index is 3.17. The molecule has 0 radical (unpaired) electrons. The van der Waals surface area contributed by atoms with Crippen LogP contribution in [0.5, 0.6) is 0 Å². The number of rotatable bonds is 4. The van der Waals surface area contributed by atoms with Gasteiger partial charge in [0.1, 0.15) is 5.69 Å². The minimum atomic E-state index is -0.708. The van der Waals surface area contributed by atoms with Crippen molar-refractivity contribution in [1.29, 1.82) is 0 Å². The van der Waals surface area contributed by atoms with Crippen molar-refractivity contribution >= 4 is 11.4 Å². The number of aliphatic hydroxyl groups excluding tert-OH is 1. The summed E-state index contributed by atoms with van der Waals surface area (Å²) in [5.41, 5.74) is 1.21. The molecule has 0 spiro atoms. The van der Waals surface area contributed by atoms with Gasteiger partial charge in [-0.05, 0) is 24.0 Å². The second-order valence-electron chi connectivity index (χ2n) is 6.10. The lowest BCUT2D eigenvalue weighted by Gasteiger charge is -2.28. The zero-order valence-electron chi connectivity index (χ0n) is 12.2. The summed E-state index contributed by atoms with van der Waals surface area (Å²) in [5.74, 6) is 0. The molecule has 0 aliphatic rings. The summed E-state index contributed by atoms with van der Waals surface area (Å²) in [6.45, 7) is 8.55. The van der Waals surface area contributed by atoms with Crippen LogP contribution in [0.1, 0.15) is 39.4 Å². The molecule has 106 valence electrons. The van der Waals surface area contributed by atoms with Gasteiger partial charge in [0.05, 0.1) is 11.0 Å². The number of anilines is 1. The first kappa shape index (κ1) is 15.4. The summed E-state index contributed by atoms with van der Waals surface area (Å²) in [6.07, 6.45) is -0.708. The van der Waals surface area contributed by atoms with E-state index in [1.807, 2.05) is 11.9 Å². The molecule has 19 heavy (non-hydrogen) atoms. The van der Waals surface area contributed by atoms with Crippen LogP contribution in [0.25, 0.3) is 0 Å². The maximum absolute atomic E-state index is 11.2. The molecule has 0 aliphatic heterocycles. The molecule has 0 unspecified atom stereocenters. The predicted molar refractivity (Wildman–Crippen MR) is 76.5 cm³/mol. The molecule has 5 heteroatoms. The topological polar surface area (TPSA) is 66.6 Å². The van der Waals surface area contributed by atoms with Gasteiger partial charge >= 0.3 is 0 Å². The largest absolute Gasteiger partial charge is 0.389 e. The lowest BCUT2D eigenvalue weighted by atomic mass is 9.96. The maximum atomic E-state index is 11.2. The molecule has 1 aromatic carbocycles. The van der Waals surface area contributed by atoms with Crippen molar-refractivity contribution in [3.63, 3.8) is 0 Å². The molecule has 0 saturated carbocycles. The Labute approximate surface area is 114 Å². The van der Waals surface area contributed by atoms with Crippen molar-refractivity contribution in [3.8, 4) is 0 Å². The van der Waals surface area contributed by atoms with Crippen LogP contribution >= 0.6 is 0 Å². The Morgan fingerprint density at radius 1 is 1.42 bits per heavy atom. The fraction of sp³-hybridized carbons (Fsp3) is 0.571. The fourth-order valence-corrected chi connectivity index (χ4v) is 2.07. The number of hydrogen-bond donors (Lipinski definition) is 1. The van der Waals surface area contributed by atoms with Crippen molar-refractivity contribution in [3.05, 3.63) is 33.9 Å². The van der Waals surface area contributed by atoms with Crippen molar-refractivity contribution < 1.29 is 10.0 Å². The van der Waals surface area contributed by atoms with Gasteiger partial charge < -0.3 is 10.0 Å². The van der Waals surface area contributed by atoms with Gasteiger partial charge in [0, 0.05) is 19.7 Å². The summed E-state index contributed by atoms with van der Waals surface area (Å²) >= 11 is 0. The van der Waals surface area contributed by atoms with Crippen molar-refractivity contribution in [2.75, 3.05) is 18.5 Å². The number of benzene rings is 1. The number of nitro groups is 1. The van der Waals surface area contributed by atoms with Crippen LogP contribution in [0.2, 0.25) is 0 Å². The second kappa shape index (κ2) is 5.57. The van der Waals surface area contributed by atoms with Crippen molar-refractivity contribution in [2.45, 2.75) is 33.8 Å². The molecule has 0 heterocycles. The van der Waals surface area contributed by atoms with Gasteiger partial charge in [-0.15, -0.1) is 0 Å². The number of nitro benzene ring substituents is 1. The van der Waals surface area contributed by atoms with E-state index in [0.29, 0.717) is 17.8 Å². The van der Waals surface area contributed by atoms with Crippen molar-refractivity contribution in [1.82, 2.24) is 0 Å². The van der Waals surface area contributed by atoms with Crippen LogP contribution in [-0.4, -0.2) is 23.6 Å². The Morgan fingerprint density at radius 2 is 2.00 bits per heavy atom. The molecule has 5 nitrogen and oxygen atoms in total. The molecule has 0 aliphatic carbocycles. The number of aliphatic hydroxyl groups is 1. The summed E-state index contributed by atoms with van der Waals surface area (Å²) in [5, 5.41) is 20.7. The standard InChI is InChI=1S/C14H22N2O3/c1-10(17)11-6-7-12(13(8-11)16(18)19)15(5)9-14(2,3)4/h6-8,10,17H,9H2,1-5H3/t10-/m0/s1. The van der Waals surface area contributed by atoms with Gasteiger partial charge in [-0.3, -0.25) is 10.1 Å². The molecule has 1 aromatic rings. The molecule has 0 aromatic heterocycles. The van der Waals surface area contributed by atoms with E-state index in [2.05, 4.69) is 20.8 Å². The maximum Gasteiger partial charge on any atom is 0.292 e. The highest BCUT2D eigenvalue weighted by Crippen LogP contribution is 2.32. The SMILES string of the molecule is C[C@H](O)c1ccc(N(C)CC(C)(C)C)c([N+](=O)[O-])c1. The van der Waals surface area contributed by atoms with Crippen LogP contribution in [0.4, 0.5) is 11.4 Å². The van der Waals surface area contributed by atoms with Gasteiger partial charge in [-0.2, -0.15) is 0 Å². The van der Waals surface area contributed by atoms with E-state index in [9.17, 15) is 15.2 Å². The van der Waals surface area contributed by atoms with Gasteiger partial charge in [0.2, 0.25) is 0 Å². The zero-order valence-corrected chi connectivity index (χ0v) is 12.2. The molecule has 1 rings (SSSR count). The minimum Gasteiger partial charge on any atom is -0.389 e. The molecule has 0 bridgehead atoms. The quantitative estimate of drug-likeness (QED) is 0.671. The molecule has 0 saturated heterocycles. The van der Waals surface area contributed by atoms with Crippen molar-refractivity contribution in [2.24, 2.45) is 5.41 Å². The van der Waals surface area contributed by atoms with E-state index in [4.69, 9.17) is 0 Å². The first-order chi connectivity index (χ1) is 8.61. The normalized spacial score (nSPS) is 13.2. The Morgan fingerprint density at radius 3 is 2.42 bits per heavy atom. The highest BCUT2D eigenvalue weighted by atomic mass is 16.6. The summed E-state index contributed by atoms with van der Waals surface area (Å²) < 4.78 is 0. The van der Waals surface area contributed by atoms with E-state index in [-0.39, 0.29) is 11.1 Å². The lowest BCUT2D eigenvalue weighted by molar-refractivity contribution is -0.384. The highest BCUT2D eigenvalue weighted by Gasteiger charge is 2.22. The second-order valence-corrected chi connectivity index (χ2v) is 6.10. The molecular weight excluding hydrogens is 244 g/mol. The van der Waals surface area contributed by atoms with Gasteiger partial charge in [0.15, 0.2) is 0 Å². The fourth-order valence-electron chi connectivity index (χ4n) is 2.07. The van der Waals surface area contributed by atoms with Gasteiger partial charge in [-0.25, -0.2) is 0 Å². The van der Waals surface area contributed by atoms with Gasteiger partial charge in [-0.1, -0.05) is 26.8 Å². The minimum absolute atomic E-state index is 0.0325. The Kier molecular flexibility index (Phi) is 4.52. The van der Waals surface area contributed by atoms with E-state index in [0.717, 1.165) is 0 Å². The summed E-state index contributed by atoms with van der Waals surface area (Å²) in [4.78, 5) is 12.6. The molecule has 0 amide bonds. The average Bonchev–Trinajstić information content (AvgIpc) is 2.25. The van der Waals surface area contributed by atoms with Crippen LogP contribution in [0.15, 0.2) is 18.2 Å². The molecule has 1 atom stereocenters. The number of nitrogens with zero attached hydrogens (tertiary/aromatic N) is 2. The highest BCUT2D eigenvalue weighted by molar-refractivity contribution is 5.64. The average molecular weight is 266 g/mol. The zero-order chi connectivity index (χ0) is 14.8. The Bertz CT molecular complexity index is 464. The third-order valence-electron chi connectivity index (χ3n) is 2.80. The lowest BCUT2D eigenvalue weighted by Crippen LogP contribution is -2.29. The van der Waals surface area contributed by atoms with E-state index < -0.39 is 11.0 Å². The first-order valence-corrected chi connectivity index (χ1v) is 6.29. The predicted octanol–water partition coefficient (Wildman–Crippen LogP) is 3.13. The van der Waals surface area contributed by atoms with E-state index in [1.165, 1.54) is 6.07 Å². The summed E-state index contributed by atoms with van der Waals surface area (Å²) in [7, 11) is 1.84. The third-order valence-corrected chi connectivity index (χ3v) is 2.80. The third kappa shape index (κ3) is 4.21. The van der Waals surface area contributed by atoms with Gasteiger partial charge in [0.25, 0.3) is 5.69 Å². The Hall–Kier alpha value is -1.62. The monoisotopic (exact) mass is 266 g/mol. The van der Waals surface area contributed by atoms with Crippen LogP contribution in [0, 0.1) is 15.5 Å². The van der Waals surface area contributed by atoms with E-state index in [1.54, 1.807) is 19.1 Å². The first-order valence-electron chi connectivity index (χ1n) is 6.29. The molecule has 1 N–H and O–H groups in total. The van der Waals surface area contributed by atoms with Crippen LogP contribution < -0.4 is 4.90 Å². The van der Waals surface area contributed by atoms with E-state index >= 15 is 0 Å². The van der Waals surface area contributed by atoms with Crippen LogP contribution in [0.3, 0.4) is 0 Å². The molecule has 0 fully saturated rings. The molecular formula is C14H22N2O3. The number of hydrogen-bond acceptors (Lipinski definition) is 4. The smallest absolute Gasteiger partial charge is 0.292 e. The summed E-state index contributed by atoms with van der Waals surface area (Å²) in [6, 6.07) is 4.87. The van der Waals surface area contributed by atoms with Crippen LogP contribution in [-0.2, 0) is 0 Å².